The maximum Gasteiger partial charge on any atom is 0.185 e. The highest BCUT2D eigenvalue weighted by Gasteiger charge is 2.39. The van der Waals surface area contributed by atoms with E-state index in [1.807, 2.05) is 26.0 Å². The molecule has 19 heavy (non-hydrogen) atoms. The van der Waals surface area contributed by atoms with Gasteiger partial charge in [0.15, 0.2) is 5.78 Å². The van der Waals surface area contributed by atoms with Crippen LogP contribution in [0.4, 0.5) is 0 Å². The largest absolute Gasteiger partial charge is 0.367 e. The summed E-state index contributed by atoms with van der Waals surface area (Å²) in [5.41, 5.74) is 0.903. The van der Waals surface area contributed by atoms with E-state index in [0.717, 1.165) is 11.1 Å². The second-order valence-electron chi connectivity index (χ2n) is 7.56. The first-order valence-corrected chi connectivity index (χ1v) is 7.06. The molecule has 0 unspecified atom stereocenters. The van der Waals surface area contributed by atoms with E-state index < -0.39 is 5.60 Å². The number of rotatable bonds is 2. The fourth-order valence-electron chi connectivity index (χ4n) is 2.40. The van der Waals surface area contributed by atoms with Crippen LogP contribution in [0.5, 0.6) is 0 Å². The van der Waals surface area contributed by atoms with Crippen LogP contribution in [0.2, 0.25) is 0 Å². The number of Topliss-reactive ketones (excluding diaryl/α,β-unsaturated/α-hetero) is 1. The van der Waals surface area contributed by atoms with Crippen molar-refractivity contribution in [3.63, 3.8) is 0 Å². The molecule has 0 aromatic carbocycles. The molecule has 0 amide bonds. The van der Waals surface area contributed by atoms with Gasteiger partial charge >= 0.3 is 0 Å². The summed E-state index contributed by atoms with van der Waals surface area (Å²) < 4.78 is 5.86. The van der Waals surface area contributed by atoms with Gasteiger partial charge in [-0.3, -0.25) is 4.79 Å². The minimum atomic E-state index is -0.478. The van der Waals surface area contributed by atoms with Gasteiger partial charge in [-0.25, -0.2) is 0 Å². The van der Waals surface area contributed by atoms with Crippen molar-refractivity contribution in [2.75, 3.05) is 6.61 Å². The lowest BCUT2D eigenvalue weighted by Gasteiger charge is -2.37. The van der Waals surface area contributed by atoms with Crippen molar-refractivity contribution < 1.29 is 9.53 Å². The number of ketones is 1. The number of hydrogen-bond donors (Lipinski definition) is 0. The van der Waals surface area contributed by atoms with Crippen molar-refractivity contribution in [2.45, 2.75) is 61.0 Å². The molecule has 0 saturated carbocycles. The number of ether oxygens (including phenoxy) is 1. The molecular formula is C17H28O2. The highest BCUT2D eigenvalue weighted by Crippen LogP contribution is 2.41. The SMILES string of the molecule is CCOC1(C)C=C(C(C)(C)C)C(=O)C(C(C)(C)C)=C1. The number of allylic oxidation sites excluding steroid dienone is 2. The zero-order valence-corrected chi connectivity index (χ0v) is 13.7. The smallest absolute Gasteiger partial charge is 0.185 e. The molecule has 0 heterocycles. The van der Waals surface area contributed by atoms with E-state index in [2.05, 4.69) is 41.5 Å². The van der Waals surface area contributed by atoms with Crippen LogP contribution in [-0.2, 0) is 9.53 Å². The van der Waals surface area contributed by atoms with Crippen molar-refractivity contribution in [2.24, 2.45) is 10.8 Å². The fraction of sp³-hybridized carbons (Fsp3) is 0.706. The Balaban J connectivity index is 3.38. The monoisotopic (exact) mass is 264 g/mol. The predicted octanol–water partition coefficient (Wildman–Crippen LogP) is 4.31. The Hall–Kier alpha value is -0.890. The van der Waals surface area contributed by atoms with Gasteiger partial charge in [0, 0.05) is 17.8 Å². The standard InChI is InChI=1S/C17H28O2/c1-9-19-17(8)10-12(15(2,3)4)14(18)13(11-17)16(5,6)7/h10-11H,9H2,1-8H3. The molecular weight excluding hydrogens is 236 g/mol. The van der Waals surface area contributed by atoms with E-state index in [4.69, 9.17) is 4.74 Å². The lowest BCUT2D eigenvalue weighted by Crippen LogP contribution is -2.37. The Morgan fingerprint density at radius 3 is 1.63 bits per heavy atom. The van der Waals surface area contributed by atoms with E-state index >= 15 is 0 Å². The topological polar surface area (TPSA) is 26.3 Å². The third-order valence-electron chi connectivity index (χ3n) is 3.42. The molecule has 1 aliphatic carbocycles. The molecule has 2 heteroatoms. The van der Waals surface area contributed by atoms with Crippen molar-refractivity contribution in [3.8, 4) is 0 Å². The van der Waals surface area contributed by atoms with Crippen molar-refractivity contribution in [1.82, 2.24) is 0 Å². The molecule has 0 aromatic heterocycles. The third-order valence-corrected chi connectivity index (χ3v) is 3.42. The van der Waals surface area contributed by atoms with Gasteiger partial charge in [-0.1, -0.05) is 41.5 Å². The van der Waals surface area contributed by atoms with E-state index in [1.54, 1.807) is 0 Å². The van der Waals surface area contributed by atoms with E-state index in [1.165, 1.54) is 0 Å². The van der Waals surface area contributed by atoms with Gasteiger partial charge in [-0.15, -0.1) is 0 Å². The molecule has 1 aliphatic rings. The van der Waals surface area contributed by atoms with E-state index in [-0.39, 0.29) is 16.6 Å². The van der Waals surface area contributed by atoms with Crippen LogP contribution in [-0.4, -0.2) is 18.0 Å². The lowest BCUT2D eigenvalue weighted by atomic mass is 9.70. The van der Waals surface area contributed by atoms with Crippen molar-refractivity contribution in [3.05, 3.63) is 23.3 Å². The molecule has 0 atom stereocenters. The maximum absolute atomic E-state index is 12.7. The average molecular weight is 264 g/mol. The van der Waals surface area contributed by atoms with Crippen molar-refractivity contribution in [1.29, 1.82) is 0 Å². The molecule has 0 fully saturated rings. The summed E-state index contributed by atoms with van der Waals surface area (Å²) in [6.07, 6.45) is 3.99. The van der Waals surface area contributed by atoms with Gasteiger partial charge in [0.25, 0.3) is 0 Å². The first-order chi connectivity index (χ1) is 8.41. The van der Waals surface area contributed by atoms with Gasteiger partial charge < -0.3 is 4.74 Å². The fourth-order valence-corrected chi connectivity index (χ4v) is 2.40. The Morgan fingerprint density at radius 1 is 1.00 bits per heavy atom. The quantitative estimate of drug-likeness (QED) is 0.743. The summed E-state index contributed by atoms with van der Waals surface area (Å²) in [5.74, 6) is 0.164. The van der Waals surface area contributed by atoms with E-state index in [9.17, 15) is 4.79 Å². The minimum Gasteiger partial charge on any atom is -0.367 e. The molecule has 0 aromatic rings. The van der Waals surface area contributed by atoms with Crippen LogP contribution in [0.15, 0.2) is 23.3 Å². The lowest BCUT2D eigenvalue weighted by molar-refractivity contribution is -0.114. The van der Waals surface area contributed by atoms with Crippen LogP contribution in [0.1, 0.15) is 55.4 Å². The van der Waals surface area contributed by atoms with Crippen LogP contribution >= 0.6 is 0 Å². The second kappa shape index (κ2) is 4.90. The van der Waals surface area contributed by atoms with Gasteiger partial charge in [-0.2, -0.15) is 0 Å². The summed E-state index contributed by atoms with van der Waals surface area (Å²) in [7, 11) is 0. The molecule has 0 radical (unpaired) electrons. The Kier molecular flexibility index (Phi) is 4.17. The molecule has 0 spiro atoms. The van der Waals surface area contributed by atoms with Crippen LogP contribution in [0.25, 0.3) is 0 Å². The van der Waals surface area contributed by atoms with Gasteiger partial charge in [0.1, 0.15) is 5.60 Å². The Morgan fingerprint density at radius 2 is 1.37 bits per heavy atom. The normalized spacial score (nSPS) is 20.1. The summed E-state index contributed by atoms with van der Waals surface area (Å²) in [6.45, 7) is 17.1. The van der Waals surface area contributed by atoms with Crippen LogP contribution in [0, 0.1) is 10.8 Å². The molecule has 108 valence electrons. The zero-order chi connectivity index (χ0) is 15.1. The Bertz CT molecular complexity index is 391. The summed E-state index contributed by atoms with van der Waals surface area (Å²) in [6, 6.07) is 0. The summed E-state index contributed by atoms with van der Waals surface area (Å²) in [5, 5.41) is 0. The zero-order valence-electron chi connectivity index (χ0n) is 13.7. The maximum atomic E-state index is 12.7. The molecule has 0 N–H and O–H groups in total. The minimum absolute atomic E-state index is 0.164. The number of carbonyl (C=O) groups is 1. The highest BCUT2D eigenvalue weighted by atomic mass is 16.5. The van der Waals surface area contributed by atoms with Crippen LogP contribution in [0.3, 0.4) is 0 Å². The van der Waals surface area contributed by atoms with Gasteiger partial charge in [0.2, 0.25) is 0 Å². The molecule has 0 aliphatic heterocycles. The molecule has 0 bridgehead atoms. The average Bonchev–Trinajstić information content (AvgIpc) is 2.18. The van der Waals surface area contributed by atoms with Gasteiger partial charge in [-0.05, 0) is 36.8 Å². The molecule has 0 saturated heterocycles. The first kappa shape index (κ1) is 16.2. The molecule has 1 rings (SSSR count). The van der Waals surface area contributed by atoms with E-state index in [0.29, 0.717) is 6.61 Å². The second-order valence-corrected chi connectivity index (χ2v) is 7.56. The summed E-state index contributed by atoms with van der Waals surface area (Å²) >= 11 is 0. The Labute approximate surface area is 117 Å². The number of hydrogen-bond acceptors (Lipinski definition) is 2. The third kappa shape index (κ3) is 3.56. The summed E-state index contributed by atoms with van der Waals surface area (Å²) in [4.78, 5) is 12.7. The number of carbonyl (C=O) groups excluding carboxylic acids is 1. The van der Waals surface area contributed by atoms with Gasteiger partial charge in [0.05, 0.1) is 0 Å². The van der Waals surface area contributed by atoms with Crippen molar-refractivity contribution >= 4 is 5.78 Å². The van der Waals surface area contributed by atoms with Crippen LogP contribution < -0.4 is 0 Å². The molecule has 2 nitrogen and oxygen atoms in total. The predicted molar refractivity (Wildman–Crippen MR) is 80.1 cm³/mol. The first-order valence-electron chi connectivity index (χ1n) is 7.06. The highest BCUT2D eigenvalue weighted by molar-refractivity contribution is 6.11.